The topological polar surface area (TPSA) is 111 Å². The first-order chi connectivity index (χ1) is 15.7. The fraction of sp³-hybridized carbons (Fsp3) is 0.391. The summed E-state index contributed by atoms with van der Waals surface area (Å²) in [4.78, 5) is 23.9. The fourth-order valence-electron chi connectivity index (χ4n) is 3.84. The van der Waals surface area contributed by atoms with Crippen molar-refractivity contribution in [1.29, 1.82) is 0 Å². The van der Waals surface area contributed by atoms with Crippen LogP contribution in [0.4, 0.5) is 5.69 Å². The Balaban J connectivity index is 2.01. The van der Waals surface area contributed by atoms with Crippen LogP contribution in [0, 0.1) is 0 Å². The average molecular weight is 477 g/mol. The van der Waals surface area contributed by atoms with E-state index < -0.39 is 22.0 Å². The normalized spacial score (nSPS) is 15.9. The highest BCUT2D eigenvalue weighted by Crippen LogP contribution is 2.41. The Morgan fingerprint density at radius 1 is 1.06 bits per heavy atom. The number of carbonyl (C=O) groups is 2. The maximum Gasteiger partial charge on any atom is 0.307 e. The van der Waals surface area contributed by atoms with E-state index in [1.165, 1.54) is 37.8 Å². The van der Waals surface area contributed by atoms with Crippen molar-refractivity contribution in [3.8, 4) is 11.5 Å². The molecule has 1 amide bonds. The predicted molar refractivity (Wildman–Crippen MR) is 122 cm³/mol. The van der Waals surface area contributed by atoms with Gasteiger partial charge >= 0.3 is 5.97 Å². The molecule has 0 saturated carbocycles. The molecule has 0 aromatic heterocycles. The molecule has 1 N–H and O–H groups in total. The molecule has 2 aromatic carbocycles. The Hall–Kier alpha value is -3.11. The minimum absolute atomic E-state index is 0.0655. The second-order valence-corrected chi connectivity index (χ2v) is 9.38. The first-order valence-corrected chi connectivity index (χ1v) is 11.9. The number of ether oxygens (including phenoxy) is 3. The number of hydrogen-bond acceptors (Lipinski definition) is 7. The summed E-state index contributed by atoms with van der Waals surface area (Å²) in [6.07, 6.45) is 0.608. The molecule has 1 aliphatic heterocycles. The molecule has 1 atom stereocenters. The number of amides is 1. The van der Waals surface area contributed by atoms with Crippen LogP contribution in [0.3, 0.4) is 0 Å². The van der Waals surface area contributed by atoms with Gasteiger partial charge in [-0.25, -0.2) is 8.42 Å². The van der Waals surface area contributed by atoms with E-state index in [2.05, 4.69) is 5.32 Å². The molecule has 2 aromatic rings. The third-order valence-corrected chi connectivity index (χ3v) is 7.53. The monoisotopic (exact) mass is 476 g/mol. The van der Waals surface area contributed by atoms with Gasteiger partial charge in [0.15, 0.2) is 11.5 Å². The summed E-state index contributed by atoms with van der Waals surface area (Å²) in [5.41, 5.74) is 2.05. The van der Waals surface area contributed by atoms with Crippen molar-refractivity contribution in [2.75, 3.05) is 33.2 Å². The largest absolute Gasteiger partial charge is 0.493 e. The van der Waals surface area contributed by atoms with Crippen molar-refractivity contribution in [2.24, 2.45) is 0 Å². The number of rotatable bonds is 8. The number of carbonyl (C=O) groups excluding carboxylic acids is 2. The highest BCUT2D eigenvalue weighted by molar-refractivity contribution is 7.89. The summed E-state index contributed by atoms with van der Waals surface area (Å²) in [6.45, 7) is 1.91. The maximum atomic E-state index is 13.6. The lowest BCUT2D eigenvalue weighted by molar-refractivity contribution is -0.141. The Labute approximate surface area is 193 Å². The van der Waals surface area contributed by atoms with E-state index in [4.69, 9.17) is 14.2 Å². The summed E-state index contributed by atoms with van der Waals surface area (Å²) >= 11 is 0. The molecule has 3 rings (SSSR count). The number of sulfonamides is 1. The molecule has 1 aliphatic rings. The molecule has 0 aliphatic carbocycles. The molecule has 0 radical (unpaired) electrons. The molecule has 0 saturated heterocycles. The van der Waals surface area contributed by atoms with Crippen LogP contribution >= 0.6 is 0 Å². The Morgan fingerprint density at radius 3 is 2.27 bits per heavy atom. The van der Waals surface area contributed by atoms with Crippen LogP contribution < -0.4 is 14.8 Å². The third-order valence-electron chi connectivity index (χ3n) is 5.61. The molecular weight excluding hydrogens is 448 g/mol. The number of esters is 1. The van der Waals surface area contributed by atoms with E-state index in [0.717, 1.165) is 5.56 Å². The van der Waals surface area contributed by atoms with Crippen LogP contribution in [-0.2, 0) is 30.8 Å². The lowest BCUT2D eigenvalue weighted by Crippen LogP contribution is -2.41. The van der Waals surface area contributed by atoms with Crippen LogP contribution in [0.5, 0.6) is 11.5 Å². The standard InChI is InChI=1S/C23H28N2O7S/c1-5-22(26)24-16-6-8-17(9-7-16)33(28,29)25-11-10-15-12-20(30-2)21(31-3)13-18(15)19(25)14-23(27)32-4/h6-9,12-13,19H,5,10-11,14H2,1-4H3,(H,24,26)/t19-/m0/s1. The predicted octanol–water partition coefficient (Wildman–Crippen LogP) is 2.90. The molecule has 0 unspecified atom stereocenters. The van der Waals surface area contributed by atoms with Gasteiger partial charge in [0, 0.05) is 18.7 Å². The van der Waals surface area contributed by atoms with Gasteiger partial charge in [-0.1, -0.05) is 6.92 Å². The number of methoxy groups -OCH3 is 3. The summed E-state index contributed by atoms with van der Waals surface area (Å²) in [7, 11) is 0.340. The first-order valence-electron chi connectivity index (χ1n) is 10.5. The van der Waals surface area contributed by atoms with Gasteiger partial charge < -0.3 is 19.5 Å². The molecule has 0 bridgehead atoms. The molecule has 0 fully saturated rings. The number of fused-ring (bicyclic) bond motifs is 1. The smallest absolute Gasteiger partial charge is 0.307 e. The lowest BCUT2D eigenvalue weighted by Gasteiger charge is -2.36. The molecule has 10 heteroatoms. The molecule has 0 spiro atoms. The third kappa shape index (κ3) is 5.12. The van der Waals surface area contributed by atoms with Crippen molar-refractivity contribution in [2.45, 2.75) is 37.1 Å². The van der Waals surface area contributed by atoms with Crippen LogP contribution in [0.2, 0.25) is 0 Å². The van der Waals surface area contributed by atoms with Crippen molar-refractivity contribution >= 4 is 27.6 Å². The van der Waals surface area contributed by atoms with E-state index in [1.54, 1.807) is 25.1 Å². The van der Waals surface area contributed by atoms with Gasteiger partial charge in [0.05, 0.1) is 38.7 Å². The Bertz CT molecular complexity index is 1130. The summed E-state index contributed by atoms with van der Waals surface area (Å²) < 4.78 is 44.1. The van der Waals surface area contributed by atoms with Gasteiger partial charge in [0.2, 0.25) is 15.9 Å². The lowest BCUT2D eigenvalue weighted by atomic mass is 9.91. The number of benzene rings is 2. The van der Waals surface area contributed by atoms with E-state index in [1.807, 2.05) is 6.07 Å². The van der Waals surface area contributed by atoms with Gasteiger partial charge in [-0.05, 0) is 53.9 Å². The maximum absolute atomic E-state index is 13.6. The van der Waals surface area contributed by atoms with E-state index in [-0.39, 0.29) is 23.8 Å². The Morgan fingerprint density at radius 2 is 1.70 bits per heavy atom. The van der Waals surface area contributed by atoms with Gasteiger partial charge in [0.25, 0.3) is 0 Å². The quantitative estimate of drug-likeness (QED) is 0.583. The minimum atomic E-state index is -3.95. The molecule has 33 heavy (non-hydrogen) atoms. The molecule has 9 nitrogen and oxygen atoms in total. The molecule has 178 valence electrons. The zero-order valence-corrected chi connectivity index (χ0v) is 19.9. The van der Waals surface area contributed by atoms with Gasteiger partial charge in [-0.3, -0.25) is 9.59 Å². The summed E-state index contributed by atoms with van der Waals surface area (Å²) in [5.74, 6) is 0.289. The van der Waals surface area contributed by atoms with Crippen LogP contribution in [-0.4, -0.2) is 52.5 Å². The van der Waals surface area contributed by atoms with Crippen molar-refractivity contribution in [3.63, 3.8) is 0 Å². The van der Waals surface area contributed by atoms with Gasteiger partial charge in [0.1, 0.15) is 0 Å². The SMILES string of the molecule is CCC(=O)Nc1ccc(S(=O)(=O)N2CCc3cc(OC)c(OC)cc3[C@@H]2CC(=O)OC)cc1. The number of anilines is 1. The van der Waals surface area contributed by atoms with Crippen LogP contribution in [0.15, 0.2) is 41.3 Å². The average Bonchev–Trinajstić information content (AvgIpc) is 2.83. The fourth-order valence-corrected chi connectivity index (χ4v) is 5.45. The highest BCUT2D eigenvalue weighted by atomic mass is 32.2. The second-order valence-electron chi connectivity index (χ2n) is 7.49. The summed E-state index contributed by atoms with van der Waals surface area (Å²) in [5, 5.41) is 2.69. The minimum Gasteiger partial charge on any atom is -0.493 e. The number of nitrogens with one attached hydrogen (secondary N) is 1. The molecular formula is C23H28N2O7S. The zero-order valence-electron chi connectivity index (χ0n) is 19.1. The molecule has 1 heterocycles. The Kier molecular flexibility index (Phi) is 7.60. The first kappa shape index (κ1) is 24.5. The van der Waals surface area contributed by atoms with Crippen LogP contribution in [0.1, 0.15) is 36.9 Å². The van der Waals surface area contributed by atoms with Crippen molar-refractivity contribution in [3.05, 3.63) is 47.5 Å². The highest BCUT2D eigenvalue weighted by Gasteiger charge is 2.38. The van der Waals surface area contributed by atoms with Crippen LogP contribution in [0.25, 0.3) is 0 Å². The van der Waals surface area contributed by atoms with E-state index in [9.17, 15) is 18.0 Å². The number of hydrogen-bond donors (Lipinski definition) is 1. The van der Waals surface area contributed by atoms with Gasteiger partial charge in [-0.2, -0.15) is 4.31 Å². The van der Waals surface area contributed by atoms with E-state index in [0.29, 0.717) is 35.6 Å². The summed E-state index contributed by atoms with van der Waals surface area (Å²) in [6, 6.07) is 8.73. The second kappa shape index (κ2) is 10.2. The zero-order chi connectivity index (χ0) is 24.2. The van der Waals surface area contributed by atoms with E-state index >= 15 is 0 Å². The number of nitrogens with zero attached hydrogens (tertiary/aromatic N) is 1. The van der Waals surface area contributed by atoms with Gasteiger partial charge in [-0.15, -0.1) is 0 Å². The van der Waals surface area contributed by atoms with Crippen molar-refractivity contribution in [1.82, 2.24) is 4.31 Å². The van der Waals surface area contributed by atoms with Crippen molar-refractivity contribution < 1.29 is 32.2 Å².